The van der Waals surface area contributed by atoms with Gasteiger partial charge in [0.05, 0.1) is 0 Å². The Morgan fingerprint density at radius 3 is 2.75 bits per heavy atom. The van der Waals surface area contributed by atoms with E-state index in [-0.39, 0.29) is 0 Å². The zero-order chi connectivity index (χ0) is 12.0. The van der Waals surface area contributed by atoms with Gasteiger partial charge in [0.1, 0.15) is 0 Å². The first-order valence-corrected chi connectivity index (χ1v) is 6.81. The minimum Gasteiger partial charge on any atom is -0.311 e. The maximum Gasteiger partial charge on any atom is 0.0250 e. The topological polar surface area (TPSA) is 15.3 Å². The summed E-state index contributed by atoms with van der Waals surface area (Å²) in [7, 11) is 0. The highest BCUT2D eigenvalue weighted by Gasteiger charge is 2.29. The molecular formula is C14H28N2. The smallest absolute Gasteiger partial charge is 0.0250 e. The Kier molecular flexibility index (Phi) is 6.07. The van der Waals surface area contributed by atoms with E-state index in [1.165, 1.54) is 19.4 Å². The van der Waals surface area contributed by atoms with Crippen molar-refractivity contribution in [2.75, 3.05) is 19.6 Å². The van der Waals surface area contributed by atoms with Crippen molar-refractivity contribution in [1.29, 1.82) is 0 Å². The van der Waals surface area contributed by atoms with E-state index in [0.717, 1.165) is 19.0 Å². The van der Waals surface area contributed by atoms with Gasteiger partial charge in [-0.2, -0.15) is 0 Å². The van der Waals surface area contributed by atoms with Crippen molar-refractivity contribution in [3.8, 4) is 0 Å². The lowest BCUT2D eigenvalue weighted by atomic mass is 9.94. The normalized spacial score (nSPS) is 29.8. The number of rotatable bonds is 5. The minimum atomic E-state index is 0.686. The second-order valence-electron chi connectivity index (χ2n) is 4.99. The van der Waals surface area contributed by atoms with Crippen LogP contribution in [0.15, 0.2) is 12.2 Å². The zero-order valence-electron chi connectivity index (χ0n) is 11.4. The molecule has 1 aliphatic heterocycles. The van der Waals surface area contributed by atoms with Crippen LogP contribution in [0.5, 0.6) is 0 Å². The van der Waals surface area contributed by atoms with Crippen molar-refractivity contribution in [2.45, 2.75) is 52.6 Å². The fourth-order valence-corrected chi connectivity index (χ4v) is 2.46. The maximum absolute atomic E-state index is 3.67. The van der Waals surface area contributed by atoms with Gasteiger partial charge in [0.25, 0.3) is 0 Å². The standard InChI is InChI=1S/C14H28N2/c1-5-8-9-16-11-13(7-3)15-10-14(16)12(4)6-2/h5,8,12-15H,6-7,9-11H2,1-4H3/b8-5+. The first kappa shape index (κ1) is 13.7. The zero-order valence-corrected chi connectivity index (χ0v) is 11.4. The third-order valence-electron chi connectivity index (χ3n) is 3.91. The van der Waals surface area contributed by atoms with E-state index in [1.54, 1.807) is 0 Å². The third kappa shape index (κ3) is 3.60. The Labute approximate surface area is 101 Å². The monoisotopic (exact) mass is 224 g/mol. The maximum atomic E-state index is 3.67. The summed E-state index contributed by atoms with van der Waals surface area (Å²) in [6.07, 6.45) is 6.96. The number of nitrogens with one attached hydrogen (secondary N) is 1. The first-order chi connectivity index (χ1) is 7.72. The van der Waals surface area contributed by atoms with Gasteiger partial charge < -0.3 is 5.32 Å². The van der Waals surface area contributed by atoms with E-state index < -0.39 is 0 Å². The average molecular weight is 224 g/mol. The number of nitrogens with zero attached hydrogens (tertiary/aromatic N) is 1. The number of piperazine rings is 1. The molecule has 3 atom stereocenters. The predicted molar refractivity (Wildman–Crippen MR) is 71.7 cm³/mol. The Balaban J connectivity index is 2.59. The molecule has 1 saturated heterocycles. The van der Waals surface area contributed by atoms with Gasteiger partial charge >= 0.3 is 0 Å². The molecule has 0 spiro atoms. The van der Waals surface area contributed by atoms with Crippen molar-refractivity contribution >= 4 is 0 Å². The molecule has 0 aliphatic carbocycles. The van der Waals surface area contributed by atoms with Gasteiger partial charge in [-0.25, -0.2) is 0 Å². The van der Waals surface area contributed by atoms with Gasteiger partial charge in [0, 0.05) is 31.7 Å². The minimum absolute atomic E-state index is 0.686. The lowest BCUT2D eigenvalue weighted by molar-refractivity contribution is 0.103. The van der Waals surface area contributed by atoms with E-state index in [9.17, 15) is 0 Å². The molecule has 0 radical (unpaired) electrons. The lowest BCUT2D eigenvalue weighted by Gasteiger charge is -2.42. The number of hydrogen-bond donors (Lipinski definition) is 1. The molecule has 0 aromatic carbocycles. The van der Waals surface area contributed by atoms with Crippen LogP contribution in [0.1, 0.15) is 40.5 Å². The van der Waals surface area contributed by atoms with E-state index in [4.69, 9.17) is 0 Å². The molecule has 1 fully saturated rings. The Hall–Kier alpha value is -0.340. The van der Waals surface area contributed by atoms with Crippen LogP contribution in [-0.2, 0) is 0 Å². The van der Waals surface area contributed by atoms with E-state index in [0.29, 0.717) is 12.1 Å². The summed E-state index contributed by atoms with van der Waals surface area (Å²) in [6.45, 7) is 12.5. The van der Waals surface area contributed by atoms with Crippen LogP contribution in [0.25, 0.3) is 0 Å². The number of hydrogen-bond acceptors (Lipinski definition) is 2. The summed E-state index contributed by atoms with van der Waals surface area (Å²) < 4.78 is 0. The van der Waals surface area contributed by atoms with Crippen molar-refractivity contribution in [1.82, 2.24) is 10.2 Å². The highest BCUT2D eigenvalue weighted by molar-refractivity contribution is 4.92. The van der Waals surface area contributed by atoms with Gasteiger partial charge in [-0.3, -0.25) is 4.90 Å². The Morgan fingerprint density at radius 1 is 1.44 bits per heavy atom. The van der Waals surface area contributed by atoms with Crippen LogP contribution in [-0.4, -0.2) is 36.6 Å². The molecule has 0 saturated carbocycles. The van der Waals surface area contributed by atoms with Crippen LogP contribution in [0.3, 0.4) is 0 Å². The van der Waals surface area contributed by atoms with Crippen molar-refractivity contribution in [3.05, 3.63) is 12.2 Å². The summed E-state index contributed by atoms with van der Waals surface area (Å²) in [5.41, 5.74) is 0. The molecule has 1 N–H and O–H groups in total. The molecule has 2 heteroatoms. The lowest BCUT2D eigenvalue weighted by Crippen LogP contribution is -2.58. The SMILES string of the molecule is C/C=C/CN1CC(CC)NCC1C(C)CC. The molecule has 3 unspecified atom stereocenters. The number of allylic oxidation sites excluding steroid dienone is 1. The van der Waals surface area contributed by atoms with Gasteiger partial charge in [-0.15, -0.1) is 0 Å². The van der Waals surface area contributed by atoms with Crippen LogP contribution in [0.4, 0.5) is 0 Å². The fourth-order valence-electron chi connectivity index (χ4n) is 2.46. The summed E-state index contributed by atoms with van der Waals surface area (Å²) in [5.74, 6) is 0.788. The van der Waals surface area contributed by atoms with Gasteiger partial charge in [-0.05, 0) is 19.3 Å². The molecular weight excluding hydrogens is 196 g/mol. The van der Waals surface area contributed by atoms with Gasteiger partial charge in [0.2, 0.25) is 0 Å². The molecule has 0 bridgehead atoms. The summed E-state index contributed by atoms with van der Waals surface area (Å²) in [4.78, 5) is 2.65. The summed E-state index contributed by atoms with van der Waals surface area (Å²) in [5, 5.41) is 3.67. The summed E-state index contributed by atoms with van der Waals surface area (Å²) >= 11 is 0. The average Bonchev–Trinajstić information content (AvgIpc) is 2.34. The van der Waals surface area contributed by atoms with E-state index in [2.05, 4.69) is 50.1 Å². The molecule has 1 rings (SSSR count). The highest BCUT2D eigenvalue weighted by atomic mass is 15.2. The molecule has 0 aromatic rings. The molecule has 94 valence electrons. The van der Waals surface area contributed by atoms with E-state index in [1.807, 2.05) is 0 Å². The van der Waals surface area contributed by atoms with Gasteiger partial charge in [-0.1, -0.05) is 39.3 Å². The Bertz CT molecular complexity index is 213. The molecule has 1 aliphatic rings. The van der Waals surface area contributed by atoms with Crippen molar-refractivity contribution in [3.63, 3.8) is 0 Å². The van der Waals surface area contributed by atoms with Gasteiger partial charge in [0.15, 0.2) is 0 Å². The Morgan fingerprint density at radius 2 is 2.19 bits per heavy atom. The largest absolute Gasteiger partial charge is 0.311 e. The molecule has 2 nitrogen and oxygen atoms in total. The third-order valence-corrected chi connectivity index (χ3v) is 3.91. The molecule has 16 heavy (non-hydrogen) atoms. The second-order valence-corrected chi connectivity index (χ2v) is 4.99. The molecule has 0 amide bonds. The molecule has 1 heterocycles. The highest BCUT2D eigenvalue weighted by Crippen LogP contribution is 2.18. The summed E-state index contributed by atoms with van der Waals surface area (Å²) in [6, 6.07) is 1.40. The van der Waals surface area contributed by atoms with Crippen molar-refractivity contribution < 1.29 is 0 Å². The second kappa shape index (κ2) is 7.08. The van der Waals surface area contributed by atoms with Crippen LogP contribution >= 0.6 is 0 Å². The van der Waals surface area contributed by atoms with Crippen LogP contribution in [0.2, 0.25) is 0 Å². The van der Waals surface area contributed by atoms with Crippen LogP contribution < -0.4 is 5.32 Å². The van der Waals surface area contributed by atoms with Crippen molar-refractivity contribution in [2.24, 2.45) is 5.92 Å². The first-order valence-electron chi connectivity index (χ1n) is 6.81. The molecule has 0 aromatic heterocycles. The quantitative estimate of drug-likeness (QED) is 0.722. The fraction of sp³-hybridized carbons (Fsp3) is 0.857. The van der Waals surface area contributed by atoms with E-state index >= 15 is 0 Å². The predicted octanol–water partition coefficient (Wildman–Crippen LogP) is 2.66. The van der Waals surface area contributed by atoms with Crippen LogP contribution in [0, 0.1) is 5.92 Å².